The lowest BCUT2D eigenvalue weighted by Gasteiger charge is -2.10. The molecule has 2 aromatic rings. The van der Waals surface area contributed by atoms with Crippen molar-refractivity contribution in [1.82, 2.24) is 4.98 Å². The minimum absolute atomic E-state index is 0.349. The number of ether oxygens (including phenoxy) is 1. The third kappa shape index (κ3) is 3.35. The van der Waals surface area contributed by atoms with Crippen molar-refractivity contribution in [3.05, 3.63) is 53.2 Å². The van der Waals surface area contributed by atoms with Gasteiger partial charge in [-0.2, -0.15) is 0 Å². The van der Waals surface area contributed by atoms with Gasteiger partial charge in [0.2, 0.25) is 0 Å². The quantitative estimate of drug-likeness (QED) is 0.862. The molecule has 4 heteroatoms. The highest BCUT2D eigenvalue weighted by molar-refractivity contribution is 5.89. The van der Waals surface area contributed by atoms with Gasteiger partial charge in [-0.15, -0.1) is 0 Å². The van der Waals surface area contributed by atoms with Crippen LogP contribution >= 0.6 is 0 Å². The molecule has 104 valence electrons. The minimum atomic E-state index is -0.349. The molecule has 0 aliphatic heterocycles. The van der Waals surface area contributed by atoms with Crippen LogP contribution in [0.4, 0.5) is 11.5 Å². The van der Waals surface area contributed by atoms with Gasteiger partial charge in [0.15, 0.2) is 0 Å². The zero-order chi connectivity index (χ0) is 14.5. The Bertz CT molecular complexity index is 606. The fourth-order valence-electron chi connectivity index (χ4n) is 1.89. The van der Waals surface area contributed by atoms with Crippen molar-refractivity contribution in [1.29, 1.82) is 0 Å². The second kappa shape index (κ2) is 6.19. The van der Waals surface area contributed by atoms with E-state index in [2.05, 4.69) is 23.3 Å². The fraction of sp³-hybridized carbons (Fsp3) is 0.250. The van der Waals surface area contributed by atoms with Gasteiger partial charge in [0.05, 0.1) is 12.2 Å². The highest BCUT2D eigenvalue weighted by Crippen LogP contribution is 2.20. The number of pyridine rings is 1. The monoisotopic (exact) mass is 270 g/mol. The number of nitrogens with zero attached hydrogens (tertiary/aromatic N) is 1. The van der Waals surface area contributed by atoms with Crippen LogP contribution in [0.25, 0.3) is 0 Å². The fourth-order valence-corrected chi connectivity index (χ4v) is 1.89. The summed E-state index contributed by atoms with van der Waals surface area (Å²) in [5.74, 6) is 0.350. The largest absolute Gasteiger partial charge is 0.462 e. The van der Waals surface area contributed by atoms with Crippen LogP contribution in [0.1, 0.15) is 28.4 Å². The Hall–Kier alpha value is -2.36. The van der Waals surface area contributed by atoms with E-state index in [1.54, 1.807) is 19.1 Å². The molecule has 0 spiro atoms. The van der Waals surface area contributed by atoms with Crippen LogP contribution in [0.5, 0.6) is 0 Å². The molecule has 0 aliphatic rings. The standard InChI is InChI=1S/C16H18N2O2/c1-4-20-16(19)13-6-8-15(17-10-13)18-14-7-5-11(2)9-12(14)3/h5-10H,4H2,1-3H3,(H,17,18). The first-order valence-corrected chi connectivity index (χ1v) is 6.57. The highest BCUT2D eigenvalue weighted by Gasteiger charge is 2.07. The van der Waals surface area contributed by atoms with Gasteiger partial charge in [-0.1, -0.05) is 17.7 Å². The first-order valence-electron chi connectivity index (χ1n) is 6.57. The number of nitrogens with one attached hydrogen (secondary N) is 1. The Balaban J connectivity index is 2.12. The molecule has 0 radical (unpaired) electrons. The number of anilines is 2. The van der Waals surface area contributed by atoms with Gasteiger partial charge in [0.25, 0.3) is 0 Å². The SMILES string of the molecule is CCOC(=O)c1ccc(Nc2ccc(C)cc2C)nc1. The van der Waals surface area contributed by atoms with E-state index in [1.165, 1.54) is 11.8 Å². The molecule has 0 saturated heterocycles. The molecule has 4 nitrogen and oxygen atoms in total. The maximum absolute atomic E-state index is 11.5. The lowest BCUT2D eigenvalue weighted by atomic mass is 10.1. The van der Waals surface area contributed by atoms with Crippen LogP contribution in [0.15, 0.2) is 36.5 Å². The molecule has 0 bridgehead atoms. The van der Waals surface area contributed by atoms with Crippen molar-refractivity contribution in [3.8, 4) is 0 Å². The topological polar surface area (TPSA) is 51.2 Å². The summed E-state index contributed by atoms with van der Waals surface area (Å²) in [6.45, 7) is 6.24. The average molecular weight is 270 g/mol. The number of benzene rings is 1. The summed E-state index contributed by atoms with van der Waals surface area (Å²) in [4.78, 5) is 15.8. The summed E-state index contributed by atoms with van der Waals surface area (Å²) in [6.07, 6.45) is 1.52. The van der Waals surface area contributed by atoms with Gasteiger partial charge in [-0.25, -0.2) is 9.78 Å². The number of esters is 1. The molecule has 0 unspecified atom stereocenters. The van der Waals surface area contributed by atoms with Crippen molar-refractivity contribution in [2.75, 3.05) is 11.9 Å². The van der Waals surface area contributed by atoms with E-state index >= 15 is 0 Å². The predicted molar refractivity (Wildman–Crippen MR) is 79.4 cm³/mol. The summed E-state index contributed by atoms with van der Waals surface area (Å²) in [7, 11) is 0. The number of aromatic nitrogens is 1. The molecular formula is C16H18N2O2. The van der Waals surface area contributed by atoms with E-state index in [1.807, 2.05) is 19.1 Å². The van der Waals surface area contributed by atoms with Crippen molar-refractivity contribution < 1.29 is 9.53 Å². The molecule has 20 heavy (non-hydrogen) atoms. The third-order valence-corrected chi connectivity index (χ3v) is 2.92. The molecule has 1 aromatic carbocycles. The molecule has 0 saturated carbocycles. The van der Waals surface area contributed by atoms with E-state index in [0.717, 1.165) is 11.3 Å². The van der Waals surface area contributed by atoms with E-state index in [0.29, 0.717) is 18.0 Å². The first-order chi connectivity index (χ1) is 9.60. The molecule has 2 rings (SSSR count). The van der Waals surface area contributed by atoms with Gasteiger partial charge in [-0.3, -0.25) is 0 Å². The van der Waals surface area contributed by atoms with Crippen molar-refractivity contribution in [3.63, 3.8) is 0 Å². The zero-order valence-corrected chi connectivity index (χ0v) is 11.9. The van der Waals surface area contributed by atoms with E-state index in [-0.39, 0.29) is 5.97 Å². The van der Waals surface area contributed by atoms with Crippen molar-refractivity contribution >= 4 is 17.5 Å². The normalized spacial score (nSPS) is 10.2. The van der Waals surface area contributed by atoms with Gasteiger partial charge in [0.1, 0.15) is 5.82 Å². The van der Waals surface area contributed by atoms with Crippen molar-refractivity contribution in [2.24, 2.45) is 0 Å². The molecule has 0 atom stereocenters. The number of rotatable bonds is 4. The van der Waals surface area contributed by atoms with Crippen LogP contribution < -0.4 is 5.32 Å². The lowest BCUT2D eigenvalue weighted by molar-refractivity contribution is 0.0526. The summed E-state index contributed by atoms with van der Waals surface area (Å²) in [6, 6.07) is 9.64. The maximum Gasteiger partial charge on any atom is 0.339 e. The average Bonchev–Trinajstić information content (AvgIpc) is 2.43. The van der Waals surface area contributed by atoms with Gasteiger partial charge in [0, 0.05) is 11.9 Å². The number of aryl methyl sites for hydroxylation is 2. The molecule has 0 amide bonds. The zero-order valence-electron chi connectivity index (χ0n) is 11.9. The maximum atomic E-state index is 11.5. The van der Waals surface area contributed by atoms with Crippen LogP contribution in [-0.4, -0.2) is 17.6 Å². The van der Waals surface area contributed by atoms with E-state index in [9.17, 15) is 4.79 Å². The number of carbonyl (C=O) groups is 1. The number of carbonyl (C=O) groups excluding carboxylic acids is 1. The molecule has 1 aromatic heterocycles. The Kier molecular flexibility index (Phi) is 4.35. The Morgan fingerprint density at radius 1 is 1.25 bits per heavy atom. The number of hydrogen-bond acceptors (Lipinski definition) is 4. The molecule has 0 aliphatic carbocycles. The Morgan fingerprint density at radius 3 is 2.65 bits per heavy atom. The second-order valence-corrected chi connectivity index (χ2v) is 4.60. The van der Waals surface area contributed by atoms with E-state index < -0.39 is 0 Å². The van der Waals surface area contributed by atoms with Crippen LogP contribution in [0.3, 0.4) is 0 Å². The second-order valence-electron chi connectivity index (χ2n) is 4.60. The molecule has 1 N–H and O–H groups in total. The minimum Gasteiger partial charge on any atom is -0.462 e. The Morgan fingerprint density at radius 2 is 2.05 bits per heavy atom. The van der Waals surface area contributed by atoms with E-state index in [4.69, 9.17) is 4.74 Å². The molecule has 0 fully saturated rings. The Labute approximate surface area is 118 Å². The van der Waals surface area contributed by atoms with Gasteiger partial charge in [-0.05, 0) is 44.5 Å². The smallest absolute Gasteiger partial charge is 0.339 e. The summed E-state index contributed by atoms with van der Waals surface area (Å²) in [5.41, 5.74) is 3.84. The summed E-state index contributed by atoms with van der Waals surface area (Å²) >= 11 is 0. The summed E-state index contributed by atoms with van der Waals surface area (Å²) < 4.78 is 4.92. The first kappa shape index (κ1) is 14.1. The summed E-state index contributed by atoms with van der Waals surface area (Å²) in [5, 5.41) is 3.23. The third-order valence-electron chi connectivity index (χ3n) is 2.92. The van der Waals surface area contributed by atoms with Crippen LogP contribution in [0, 0.1) is 13.8 Å². The van der Waals surface area contributed by atoms with Gasteiger partial charge < -0.3 is 10.1 Å². The molecular weight excluding hydrogens is 252 g/mol. The highest BCUT2D eigenvalue weighted by atomic mass is 16.5. The van der Waals surface area contributed by atoms with Gasteiger partial charge >= 0.3 is 5.97 Å². The molecule has 1 heterocycles. The number of hydrogen-bond donors (Lipinski definition) is 1. The van der Waals surface area contributed by atoms with Crippen molar-refractivity contribution in [2.45, 2.75) is 20.8 Å². The van der Waals surface area contributed by atoms with Crippen LogP contribution in [0.2, 0.25) is 0 Å². The van der Waals surface area contributed by atoms with Crippen LogP contribution in [-0.2, 0) is 4.74 Å². The lowest BCUT2D eigenvalue weighted by Crippen LogP contribution is -2.05. The predicted octanol–water partition coefficient (Wildman–Crippen LogP) is 3.62.